The van der Waals surface area contributed by atoms with Crippen molar-refractivity contribution in [3.63, 3.8) is 0 Å². The van der Waals surface area contributed by atoms with Gasteiger partial charge in [-0.3, -0.25) is 9.47 Å². The second-order valence-corrected chi connectivity index (χ2v) is 2.40. The molecule has 0 radical (unpaired) electrons. The topological polar surface area (TPSA) is 18.5 Å². The molecule has 0 N–H and O–H groups in total. The average Bonchev–Trinajstić information content (AvgIpc) is 2.21. The molecule has 0 spiro atoms. The van der Waals surface area contributed by atoms with Crippen molar-refractivity contribution in [1.29, 1.82) is 0 Å². The summed E-state index contributed by atoms with van der Waals surface area (Å²) >= 11 is 0. The lowest BCUT2D eigenvalue weighted by atomic mass is 10.1. The van der Waals surface area contributed by atoms with Gasteiger partial charge in [-0.05, 0) is 0 Å². The van der Waals surface area contributed by atoms with Gasteiger partial charge in [0.05, 0.1) is 0 Å². The molecule has 2 nitrogen and oxygen atoms in total. The van der Waals surface area contributed by atoms with Gasteiger partial charge in [-0.15, -0.1) is 8.78 Å². The number of alkyl halides is 2. The predicted octanol–water partition coefficient (Wildman–Crippen LogP) is 1.45. The third kappa shape index (κ3) is 1.19. The largest absolute Gasteiger partial charge is 0.486 e. The minimum Gasteiger partial charge on any atom is -0.285 e. The van der Waals surface area contributed by atoms with Crippen LogP contribution < -0.4 is 0 Å². The van der Waals surface area contributed by atoms with Crippen molar-refractivity contribution in [2.24, 2.45) is 0 Å². The summed E-state index contributed by atoms with van der Waals surface area (Å²) in [7, 11) is 0. The van der Waals surface area contributed by atoms with Crippen molar-refractivity contribution in [3.8, 4) is 0 Å². The Balaban J connectivity index is 2.18. The van der Waals surface area contributed by atoms with Crippen LogP contribution in [-0.4, -0.2) is 18.5 Å². The van der Waals surface area contributed by atoms with Crippen LogP contribution in [0, 0.1) is 0 Å². The van der Waals surface area contributed by atoms with Crippen LogP contribution in [-0.2, 0) is 9.47 Å². The highest BCUT2D eigenvalue weighted by Gasteiger charge is 2.47. The molecule has 0 aromatic rings. The van der Waals surface area contributed by atoms with E-state index in [1.54, 1.807) is 24.3 Å². The van der Waals surface area contributed by atoms with Crippen LogP contribution >= 0.6 is 0 Å². The third-order valence-corrected chi connectivity index (χ3v) is 1.58. The van der Waals surface area contributed by atoms with Crippen molar-refractivity contribution >= 4 is 0 Å². The molecule has 1 aliphatic heterocycles. The lowest BCUT2D eigenvalue weighted by Gasteiger charge is -2.09. The van der Waals surface area contributed by atoms with Gasteiger partial charge in [-0.25, -0.2) is 0 Å². The van der Waals surface area contributed by atoms with Gasteiger partial charge < -0.3 is 0 Å². The van der Waals surface area contributed by atoms with Crippen LogP contribution in [0.25, 0.3) is 0 Å². The van der Waals surface area contributed by atoms with E-state index in [1.165, 1.54) is 0 Å². The Bertz CT molecular complexity index is 200. The molecule has 2 aliphatic rings. The SMILES string of the molecule is FC1(F)OC2C=CC=CC2O1. The Morgan fingerprint density at radius 1 is 1.00 bits per heavy atom. The highest BCUT2D eigenvalue weighted by atomic mass is 19.3. The first kappa shape index (κ1) is 6.94. The first-order valence-electron chi connectivity index (χ1n) is 3.26. The molecule has 1 aliphatic carbocycles. The van der Waals surface area contributed by atoms with Gasteiger partial charge in [0.25, 0.3) is 0 Å². The maximum absolute atomic E-state index is 12.3. The van der Waals surface area contributed by atoms with Gasteiger partial charge in [-0.2, -0.15) is 0 Å². The Labute approximate surface area is 62.1 Å². The van der Waals surface area contributed by atoms with Gasteiger partial charge in [0.2, 0.25) is 0 Å². The molecular weight excluding hydrogens is 154 g/mol. The molecular formula is C7H6F2O2. The van der Waals surface area contributed by atoms with Gasteiger partial charge in [-0.1, -0.05) is 24.3 Å². The molecule has 2 atom stereocenters. The zero-order chi connectivity index (χ0) is 7.90. The fourth-order valence-corrected chi connectivity index (χ4v) is 1.12. The van der Waals surface area contributed by atoms with Crippen molar-refractivity contribution in [2.45, 2.75) is 18.5 Å². The van der Waals surface area contributed by atoms with E-state index in [1.807, 2.05) is 0 Å². The molecule has 2 unspecified atom stereocenters. The molecule has 1 saturated heterocycles. The highest BCUT2D eigenvalue weighted by molar-refractivity contribution is 5.18. The smallest absolute Gasteiger partial charge is 0.285 e. The maximum Gasteiger partial charge on any atom is 0.486 e. The molecule has 0 aromatic heterocycles. The summed E-state index contributed by atoms with van der Waals surface area (Å²) in [5.74, 6) is 0. The zero-order valence-corrected chi connectivity index (χ0v) is 5.54. The van der Waals surface area contributed by atoms with E-state index >= 15 is 0 Å². The quantitative estimate of drug-likeness (QED) is 0.534. The second kappa shape index (κ2) is 2.12. The first-order valence-corrected chi connectivity index (χ1v) is 3.26. The zero-order valence-electron chi connectivity index (χ0n) is 5.54. The monoisotopic (exact) mass is 160 g/mol. The van der Waals surface area contributed by atoms with E-state index in [2.05, 4.69) is 9.47 Å². The summed E-state index contributed by atoms with van der Waals surface area (Å²) in [6.45, 7) is 0. The fraction of sp³-hybridized carbons (Fsp3) is 0.429. The molecule has 11 heavy (non-hydrogen) atoms. The molecule has 1 heterocycles. The lowest BCUT2D eigenvalue weighted by molar-refractivity contribution is -0.347. The highest BCUT2D eigenvalue weighted by Crippen LogP contribution is 2.33. The minimum atomic E-state index is -3.42. The standard InChI is InChI=1S/C7H6F2O2/c8-7(9)10-5-3-1-2-4-6(5)11-7/h1-6H. The number of halogens is 2. The van der Waals surface area contributed by atoms with E-state index in [9.17, 15) is 8.78 Å². The molecule has 0 aromatic carbocycles. The van der Waals surface area contributed by atoms with Crippen molar-refractivity contribution < 1.29 is 18.3 Å². The summed E-state index contributed by atoms with van der Waals surface area (Å²) in [6, 6.07) is 0. The minimum absolute atomic E-state index is 0.630. The molecule has 2 rings (SSSR count). The molecule has 60 valence electrons. The van der Waals surface area contributed by atoms with Crippen molar-refractivity contribution in [1.82, 2.24) is 0 Å². The Hall–Kier alpha value is -0.740. The molecule has 4 heteroatoms. The fourth-order valence-electron chi connectivity index (χ4n) is 1.12. The molecule has 0 amide bonds. The van der Waals surface area contributed by atoms with Crippen LogP contribution in [0.5, 0.6) is 0 Å². The Morgan fingerprint density at radius 3 is 1.91 bits per heavy atom. The van der Waals surface area contributed by atoms with Crippen LogP contribution in [0.3, 0.4) is 0 Å². The average molecular weight is 160 g/mol. The van der Waals surface area contributed by atoms with E-state index in [0.717, 1.165) is 0 Å². The predicted molar refractivity (Wildman–Crippen MR) is 33.0 cm³/mol. The van der Waals surface area contributed by atoms with E-state index in [4.69, 9.17) is 0 Å². The van der Waals surface area contributed by atoms with Crippen LogP contribution in [0.4, 0.5) is 8.78 Å². The summed E-state index contributed by atoms with van der Waals surface area (Å²) in [5, 5.41) is 0. The summed E-state index contributed by atoms with van der Waals surface area (Å²) in [5.41, 5.74) is 0. The van der Waals surface area contributed by atoms with Crippen LogP contribution in [0.15, 0.2) is 24.3 Å². The third-order valence-electron chi connectivity index (χ3n) is 1.58. The molecule has 1 fully saturated rings. The van der Waals surface area contributed by atoms with E-state index < -0.39 is 18.5 Å². The summed E-state index contributed by atoms with van der Waals surface area (Å²) < 4.78 is 33.2. The van der Waals surface area contributed by atoms with Gasteiger partial charge in [0, 0.05) is 0 Å². The number of hydrogen-bond acceptors (Lipinski definition) is 2. The number of ether oxygens (including phenoxy) is 2. The lowest BCUT2D eigenvalue weighted by Crippen LogP contribution is -2.18. The van der Waals surface area contributed by atoms with E-state index in [-0.39, 0.29) is 0 Å². The number of rotatable bonds is 0. The maximum atomic E-state index is 12.3. The van der Waals surface area contributed by atoms with E-state index in [0.29, 0.717) is 0 Å². The normalized spacial score (nSPS) is 39.1. The Morgan fingerprint density at radius 2 is 1.45 bits per heavy atom. The van der Waals surface area contributed by atoms with Crippen molar-refractivity contribution in [3.05, 3.63) is 24.3 Å². The Kier molecular flexibility index (Phi) is 1.34. The molecule has 0 saturated carbocycles. The van der Waals surface area contributed by atoms with Crippen LogP contribution in [0.1, 0.15) is 0 Å². The number of fused-ring (bicyclic) bond motifs is 1. The van der Waals surface area contributed by atoms with Gasteiger partial charge >= 0.3 is 6.29 Å². The first-order chi connectivity index (χ1) is 5.17. The number of allylic oxidation sites excluding steroid dienone is 2. The molecule has 0 bridgehead atoms. The second-order valence-electron chi connectivity index (χ2n) is 2.40. The van der Waals surface area contributed by atoms with Crippen molar-refractivity contribution in [2.75, 3.05) is 0 Å². The summed E-state index contributed by atoms with van der Waals surface area (Å²) in [4.78, 5) is 0. The van der Waals surface area contributed by atoms with Gasteiger partial charge in [0.15, 0.2) is 0 Å². The number of hydrogen-bond donors (Lipinski definition) is 0. The summed E-state index contributed by atoms with van der Waals surface area (Å²) in [6.07, 6.45) is 1.73. The van der Waals surface area contributed by atoms with Gasteiger partial charge in [0.1, 0.15) is 12.2 Å². The van der Waals surface area contributed by atoms with Crippen LogP contribution in [0.2, 0.25) is 0 Å².